The first kappa shape index (κ1) is 18.3. The highest BCUT2D eigenvalue weighted by atomic mass is 16.5. The number of rotatable bonds is 3. The Morgan fingerprint density at radius 2 is 1.96 bits per heavy atom. The van der Waals surface area contributed by atoms with Gasteiger partial charge in [0, 0.05) is 11.3 Å². The Balaban J connectivity index is 2.26. The SMILES string of the molecule is COC(=O)C1=C(C)OC(N)=C(C#N)C1c1c(C)nn(-c2ccccc2)c1C. The van der Waals surface area contributed by atoms with Crippen LogP contribution in [0.5, 0.6) is 0 Å². The molecule has 7 heteroatoms. The molecule has 0 spiro atoms. The maximum atomic E-state index is 12.5. The molecule has 1 aliphatic rings. The van der Waals surface area contributed by atoms with E-state index in [0.29, 0.717) is 11.5 Å². The van der Waals surface area contributed by atoms with Gasteiger partial charge in [-0.1, -0.05) is 18.2 Å². The molecule has 7 nitrogen and oxygen atoms in total. The fourth-order valence-electron chi connectivity index (χ4n) is 3.44. The van der Waals surface area contributed by atoms with E-state index in [-0.39, 0.29) is 17.0 Å². The van der Waals surface area contributed by atoms with E-state index in [9.17, 15) is 10.1 Å². The number of carbonyl (C=O) groups excluding carboxylic acids is 1. The molecule has 3 rings (SSSR count). The van der Waals surface area contributed by atoms with Crippen LogP contribution >= 0.6 is 0 Å². The lowest BCUT2D eigenvalue weighted by Crippen LogP contribution is -2.25. The Labute approximate surface area is 157 Å². The molecule has 0 bridgehead atoms. The third-order valence-electron chi connectivity index (χ3n) is 4.65. The van der Waals surface area contributed by atoms with Gasteiger partial charge in [0.15, 0.2) is 0 Å². The van der Waals surface area contributed by atoms with Crippen LogP contribution in [-0.2, 0) is 14.3 Å². The standard InChI is InChI=1S/C20H20N4O3/c1-11-16(12(2)24(23-11)14-8-6-5-7-9-14)18-15(10-21)19(22)27-13(3)17(18)20(25)26-4/h5-9,18H,22H2,1-4H3. The maximum absolute atomic E-state index is 12.5. The first-order valence-corrected chi connectivity index (χ1v) is 8.38. The molecule has 27 heavy (non-hydrogen) atoms. The predicted octanol–water partition coefficient (Wildman–Crippen LogP) is 2.74. The van der Waals surface area contributed by atoms with Gasteiger partial charge in [-0.05, 0) is 32.9 Å². The number of nitriles is 1. The van der Waals surface area contributed by atoms with Crippen molar-refractivity contribution in [3.05, 3.63) is 70.1 Å². The van der Waals surface area contributed by atoms with E-state index in [0.717, 1.165) is 16.9 Å². The highest BCUT2D eigenvalue weighted by Gasteiger charge is 2.39. The number of allylic oxidation sites excluding steroid dienone is 2. The van der Waals surface area contributed by atoms with E-state index in [4.69, 9.17) is 15.2 Å². The molecule has 1 aromatic heterocycles. The maximum Gasteiger partial charge on any atom is 0.338 e. The second-order valence-corrected chi connectivity index (χ2v) is 6.22. The van der Waals surface area contributed by atoms with Crippen molar-refractivity contribution in [2.45, 2.75) is 26.7 Å². The summed E-state index contributed by atoms with van der Waals surface area (Å²) in [6.07, 6.45) is 0. The van der Waals surface area contributed by atoms with Crippen LogP contribution in [0.1, 0.15) is 29.8 Å². The Hall–Kier alpha value is -3.53. The lowest BCUT2D eigenvalue weighted by molar-refractivity contribution is -0.136. The van der Waals surface area contributed by atoms with Crippen molar-refractivity contribution in [2.75, 3.05) is 7.11 Å². The zero-order chi connectivity index (χ0) is 19.7. The van der Waals surface area contributed by atoms with Crippen LogP contribution in [0, 0.1) is 25.2 Å². The molecule has 2 heterocycles. The van der Waals surface area contributed by atoms with Gasteiger partial charge in [-0.15, -0.1) is 0 Å². The zero-order valence-corrected chi connectivity index (χ0v) is 15.6. The zero-order valence-electron chi connectivity index (χ0n) is 15.6. The van der Waals surface area contributed by atoms with Crippen LogP contribution < -0.4 is 5.73 Å². The van der Waals surface area contributed by atoms with E-state index < -0.39 is 11.9 Å². The third-order valence-corrected chi connectivity index (χ3v) is 4.65. The summed E-state index contributed by atoms with van der Waals surface area (Å²) in [6, 6.07) is 11.7. The quantitative estimate of drug-likeness (QED) is 0.840. The largest absolute Gasteiger partial charge is 0.466 e. The van der Waals surface area contributed by atoms with Crippen LogP contribution in [0.4, 0.5) is 0 Å². The van der Waals surface area contributed by atoms with Crippen LogP contribution in [0.25, 0.3) is 5.69 Å². The highest BCUT2D eigenvalue weighted by molar-refractivity contribution is 5.92. The lowest BCUT2D eigenvalue weighted by Gasteiger charge is -2.26. The van der Waals surface area contributed by atoms with Crippen molar-refractivity contribution >= 4 is 5.97 Å². The summed E-state index contributed by atoms with van der Waals surface area (Å²) in [7, 11) is 1.29. The van der Waals surface area contributed by atoms with Crippen molar-refractivity contribution in [2.24, 2.45) is 5.73 Å². The summed E-state index contributed by atoms with van der Waals surface area (Å²) in [4.78, 5) is 12.5. The van der Waals surface area contributed by atoms with E-state index in [1.807, 2.05) is 44.2 Å². The number of methoxy groups -OCH3 is 1. The van der Waals surface area contributed by atoms with Gasteiger partial charge >= 0.3 is 5.97 Å². The number of benzene rings is 1. The Bertz CT molecular complexity index is 1010. The van der Waals surface area contributed by atoms with Crippen LogP contribution in [0.3, 0.4) is 0 Å². The van der Waals surface area contributed by atoms with Gasteiger partial charge in [0.25, 0.3) is 0 Å². The van der Waals surface area contributed by atoms with Gasteiger partial charge in [0.1, 0.15) is 17.4 Å². The van der Waals surface area contributed by atoms with Crippen LogP contribution in [0.15, 0.2) is 53.1 Å². The number of carbonyl (C=O) groups is 1. The first-order valence-electron chi connectivity index (χ1n) is 8.38. The van der Waals surface area contributed by atoms with E-state index >= 15 is 0 Å². The van der Waals surface area contributed by atoms with Gasteiger partial charge in [0.2, 0.25) is 5.88 Å². The molecular weight excluding hydrogens is 344 g/mol. The monoisotopic (exact) mass is 364 g/mol. The average Bonchev–Trinajstić information content (AvgIpc) is 2.95. The number of esters is 1. The minimum Gasteiger partial charge on any atom is -0.466 e. The number of nitrogens with two attached hydrogens (primary N) is 1. The third kappa shape index (κ3) is 2.95. The summed E-state index contributed by atoms with van der Waals surface area (Å²) >= 11 is 0. The molecule has 1 aromatic carbocycles. The molecule has 0 saturated carbocycles. The normalized spacial score (nSPS) is 16.8. The minimum absolute atomic E-state index is 0.0149. The molecule has 138 valence electrons. The summed E-state index contributed by atoms with van der Waals surface area (Å²) in [6.45, 7) is 5.37. The summed E-state index contributed by atoms with van der Waals surface area (Å²) < 4.78 is 12.2. The Morgan fingerprint density at radius 3 is 2.56 bits per heavy atom. The number of aryl methyl sites for hydroxylation is 1. The van der Waals surface area contributed by atoms with Gasteiger partial charge < -0.3 is 15.2 Å². The van der Waals surface area contributed by atoms with Gasteiger partial charge in [-0.2, -0.15) is 10.4 Å². The van der Waals surface area contributed by atoms with E-state index in [1.54, 1.807) is 11.6 Å². The second-order valence-electron chi connectivity index (χ2n) is 6.22. The van der Waals surface area contributed by atoms with Crippen molar-refractivity contribution in [3.8, 4) is 11.8 Å². The second kappa shape index (κ2) is 7.00. The topological polar surface area (TPSA) is 103 Å². The smallest absolute Gasteiger partial charge is 0.338 e. The average molecular weight is 364 g/mol. The molecular formula is C20H20N4O3. The molecule has 1 atom stereocenters. The molecule has 0 saturated heterocycles. The Morgan fingerprint density at radius 1 is 1.30 bits per heavy atom. The molecule has 1 unspecified atom stereocenters. The molecule has 0 amide bonds. The number of hydrogen-bond donors (Lipinski definition) is 1. The van der Waals surface area contributed by atoms with Crippen molar-refractivity contribution < 1.29 is 14.3 Å². The van der Waals surface area contributed by atoms with Gasteiger partial charge in [-0.25, -0.2) is 9.48 Å². The molecule has 2 N–H and O–H groups in total. The van der Waals surface area contributed by atoms with Crippen molar-refractivity contribution in [3.63, 3.8) is 0 Å². The fourth-order valence-corrected chi connectivity index (χ4v) is 3.44. The molecule has 0 fully saturated rings. The Kier molecular flexibility index (Phi) is 4.74. The number of nitrogens with zero attached hydrogens (tertiary/aromatic N) is 3. The minimum atomic E-state index is -0.700. The van der Waals surface area contributed by atoms with Crippen molar-refractivity contribution in [1.82, 2.24) is 9.78 Å². The van der Waals surface area contributed by atoms with Crippen LogP contribution in [0.2, 0.25) is 0 Å². The van der Waals surface area contributed by atoms with Gasteiger partial charge in [0.05, 0.1) is 30.0 Å². The summed E-state index contributed by atoms with van der Waals surface area (Å²) in [5.41, 5.74) is 9.49. The lowest BCUT2D eigenvalue weighted by atomic mass is 9.82. The number of hydrogen-bond acceptors (Lipinski definition) is 6. The molecule has 2 aromatic rings. The molecule has 0 radical (unpaired) electrons. The molecule has 1 aliphatic heterocycles. The summed E-state index contributed by atoms with van der Waals surface area (Å²) in [5.74, 6) is -0.966. The highest BCUT2D eigenvalue weighted by Crippen LogP contribution is 2.42. The number of ether oxygens (including phenoxy) is 2. The van der Waals surface area contributed by atoms with E-state index in [2.05, 4.69) is 11.2 Å². The molecule has 0 aliphatic carbocycles. The number of para-hydroxylation sites is 1. The first-order chi connectivity index (χ1) is 12.9. The van der Waals surface area contributed by atoms with Gasteiger partial charge in [-0.3, -0.25) is 0 Å². The number of aromatic nitrogens is 2. The van der Waals surface area contributed by atoms with E-state index in [1.165, 1.54) is 7.11 Å². The van der Waals surface area contributed by atoms with Crippen molar-refractivity contribution in [1.29, 1.82) is 5.26 Å². The fraction of sp³-hybridized carbons (Fsp3) is 0.250. The predicted molar refractivity (Wildman–Crippen MR) is 98.4 cm³/mol. The summed E-state index contributed by atoms with van der Waals surface area (Å²) in [5, 5.41) is 14.3. The van der Waals surface area contributed by atoms with Crippen LogP contribution in [-0.4, -0.2) is 22.9 Å².